The average molecular weight is 228 g/mol. The topological polar surface area (TPSA) is 38.0 Å². The van der Waals surface area contributed by atoms with E-state index in [4.69, 9.17) is 3.95 Å². The molecule has 2 atom stereocenters. The monoisotopic (exact) mass is 228 g/mol. The summed E-state index contributed by atoms with van der Waals surface area (Å²) >= 11 is -0.786. The summed E-state index contributed by atoms with van der Waals surface area (Å²) in [6.07, 6.45) is 0. The molecular formula is C5H13IN2. The van der Waals surface area contributed by atoms with Crippen LogP contribution in [0.4, 0.5) is 0 Å². The van der Waals surface area contributed by atoms with Gasteiger partial charge >= 0.3 is 57.7 Å². The maximum atomic E-state index is 5.76. The van der Waals surface area contributed by atoms with Gasteiger partial charge in [-0.1, -0.05) is 0 Å². The molecule has 1 aliphatic rings. The maximum absolute atomic E-state index is 5.76. The van der Waals surface area contributed by atoms with Crippen molar-refractivity contribution in [1.82, 2.24) is 5.32 Å². The van der Waals surface area contributed by atoms with E-state index >= 15 is 0 Å². The van der Waals surface area contributed by atoms with E-state index in [9.17, 15) is 0 Å². The Morgan fingerprint density at radius 2 is 2.38 bits per heavy atom. The van der Waals surface area contributed by atoms with Crippen LogP contribution < -0.4 is 9.26 Å². The second-order valence-electron chi connectivity index (χ2n) is 2.18. The van der Waals surface area contributed by atoms with E-state index in [2.05, 4.69) is 12.2 Å². The SMILES string of the molecule is CN[C@H](C)[C@@H]1CI1N. The summed E-state index contributed by atoms with van der Waals surface area (Å²) in [5.41, 5.74) is 0. The Kier molecular flexibility index (Phi) is 2.11. The number of nitrogens with one attached hydrogen (secondary N) is 1. The van der Waals surface area contributed by atoms with Crippen LogP contribution in [0.2, 0.25) is 0 Å². The van der Waals surface area contributed by atoms with Gasteiger partial charge in [-0.3, -0.25) is 0 Å². The van der Waals surface area contributed by atoms with Gasteiger partial charge in [-0.15, -0.1) is 0 Å². The van der Waals surface area contributed by atoms with Gasteiger partial charge in [0, 0.05) is 0 Å². The molecule has 1 rings (SSSR count). The Morgan fingerprint density at radius 3 is 2.50 bits per heavy atom. The van der Waals surface area contributed by atoms with Gasteiger partial charge < -0.3 is 0 Å². The van der Waals surface area contributed by atoms with E-state index in [-0.39, 0.29) is 0 Å². The van der Waals surface area contributed by atoms with Crippen LogP contribution in [-0.2, 0) is 0 Å². The first-order valence-corrected chi connectivity index (χ1v) is 6.83. The summed E-state index contributed by atoms with van der Waals surface area (Å²) in [6, 6.07) is 0.685. The first-order valence-electron chi connectivity index (χ1n) is 2.81. The van der Waals surface area contributed by atoms with Crippen molar-refractivity contribution >= 4 is 20.1 Å². The zero-order valence-electron chi connectivity index (χ0n) is 5.32. The van der Waals surface area contributed by atoms with Crippen molar-refractivity contribution in [2.75, 3.05) is 11.5 Å². The zero-order chi connectivity index (χ0) is 6.15. The van der Waals surface area contributed by atoms with E-state index in [1.54, 1.807) is 0 Å². The molecule has 1 aliphatic heterocycles. The van der Waals surface area contributed by atoms with E-state index in [1.807, 2.05) is 7.05 Å². The molecule has 3 N–H and O–H groups in total. The number of alkyl halides is 2. The molecule has 1 heterocycles. The predicted molar refractivity (Wildman–Crippen MR) is 45.4 cm³/mol. The quantitative estimate of drug-likeness (QED) is 0.406. The van der Waals surface area contributed by atoms with Gasteiger partial charge in [-0.2, -0.15) is 0 Å². The van der Waals surface area contributed by atoms with Crippen LogP contribution in [0, 0.1) is 0 Å². The third-order valence-electron chi connectivity index (χ3n) is 1.58. The standard InChI is InChI=1S/C5H13IN2/c1-4(8-2)5-3-6(5)7/h4-5,8H,3,7H2,1-2H3/t4-,5+/m1/s1. The molecule has 0 bridgehead atoms. The molecular weight excluding hydrogens is 215 g/mol. The van der Waals surface area contributed by atoms with Crippen molar-refractivity contribution in [1.29, 1.82) is 0 Å². The summed E-state index contributed by atoms with van der Waals surface area (Å²) in [5, 5.41) is 3.22. The fourth-order valence-corrected chi connectivity index (χ4v) is 5.27. The van der Waals surface area contributed by atoms with Crippen molar-refractivity contribution in [2.45, 2.75) is 16.9 Å². The van der Waals surface area contributed by atoms with Crippen LogP contribution in [0.15, 0.2) is 0 Å². The Bertz CT molecular complexity index is 84.5. The second kappa shape index (κ2) is 2.49. The fraction of sp³-hybridized carbons (Fsp3) is 1.00. The first-order chi connectivity index (χ1) is 3.75. The third-order valence-corrected chi connectivity index (χ3v) is 5.99. The van der Waals surface area contributed by atoms with Gasteiger partial charge in [0.05, 0.1) is 0 Å². The molecule has 2 nitrogen and oxygen atoms in total. The van der Waals surface area contributed by atoms with Crippen molar-refractivity contribution in [3.8, 4) is 0 Å². The molecule has 0 aromatic carbocycles. The zero-order valence-corrected chi connectivity index (χ0v) is 7.47. The molecule has 0 aromatic rings. The van der Waals surface area contributed by atoms with Crippen LogP contribution >= 0.6 is 20.1 Å². The van der Waals surface area contributed by atoms with Crippen LogP contribution in [0.3, 0.4) is 0 Å². The van der Waals surface area contributed by atoms with E-state index in [0.717, 1.165) is 3.92 Å². The van der Waals surface area contributed by atoms with Crippen molar-refractivity contribution < 1.29 is 0 Å². The van der Waals surface area contributed by atoms with Gasteiger partial charge in [0.2, 0.25) is 0 Å². The summed E-state index contributed by atoms with van der Waals surface area (Å²) in [4.78, 5) is 0. The predicted octanol–water partition coefficient (Wildman–Crippen LogP) is 0.357. The Morgan fingerprint density at radius 1 is 1.88 bits per heavy atom. The molecule has 1 fully saturated rings. The number of halogens is 1. The van der Waals surface area contributed by atoms with Crippen LogP contribution in [0.25, 0.3) is 0 Å². The molecule has 0 amide bonds. The van der Waals surface area contributed by atoms with Crippen molar-refractivity contribution in [2.24, 2.45) is 3.95 Å². The van der Waals surface area contributed by atoms with Gasteiger partial charge in [0.1, 0.15) is 0 Å². The molecule has 3 heteroatoms. The summed E-state index contributed by atoms with van der Waals surface area (Å²) in [7, 11) is 2.01. The summed E-state index contributed by atoms with van der Waals surface area (Å²) in [6.45, 7) is 2.22. The van der Waals surface area contributed by atoms with E-state index in [0.29, 0.717) is 6.04 Å². The molecule has 0 spiro atoms. The van der Waals surface area contributed by atoms with Crippen LogP contribution in [0.1, 0.15) is 6.92 Å². The number of nitrogens with two attached hydrogens (primary N) is 1. The summed E-state index contributed by atoms with van der Waals surface area (Å²) in [5.74, 6) is 0. The van der Waals surface area contributed by atoms with Gasteiger partial charge in [0.25, 0.3) is 0 Å². The van der Waals surface area contributed by atoms with Crippen molar-refractivity contribution in [3.05, 3.63) is 0 Å². The Hall–Kier alpha value is 0.650. The average Bonchev–Trinajstić information content (AvgIpc) is 2.45. The Labute approximate surface area is 57.9 Å². The second-order valence-corrected chi connectivity index (χ2v) is 7.14. The molecule has 0 aromatic heterocycles. The number of hydrogen-bond acceptors (Lipinski definition) is 2. The van der Waals surface area contributed by atoms with Gasteiger partial charge in [0.15, 0.2) is 0 Å². The molecule has 0 aliphatic carbocycles. The number of rotatable bonds is 2. The van der Waals surface area contributed by atoms with E-state index < -0.39 is 20.1 Å². The first kappa shape index (κ1) is 6.77. The van der Waals surface area contributed by atoms with Crippen LogP contribution in [0.5, 0.6) is 0 Å². The van der Waals surface area contributed by atoms with Crippen LogP contribution in [-0.4, -0.2) is 21.4 Å². The molecule has 0 saturated carbocycles. The third kappa shape index (κ3) is 1.33. The minimum absolute atomic E-state index is 0.685. The molecule has 0 unspecified atom stereocenters. The molecule has 50 valence electrons. The van der Waals surface area contributed by atoms with Gasteiger partial charge in [-0.25, -0.2) is 0 Å². The molecule has 8 heavy (non-hydrogen) atoms. The number of hydrogen-bond donors (Lipinski definition) is 2. The fourth-order valence-electron chi connectivity index (χ4n) is 0.694. The van der Waals surface area contributed by atoms with Gasteiger partial charge in [-0.05, 0) is 0 Å². The normalized spacial score (nSPS) is 34.9. The minimum atomic E-state index is -0.786. The van der Waals surface area contributed by atoms with Crippen molar-refractivity contribution in [3.63, 3.8) is 0 Å². The molecule has 0 radical (unpaired) electrons. The summed E-state index contributed by atoms with van der Waals surface area (Å²) < 4.78 is 8.03. The molecule has 1 saturated heterocycles. The van der Waals surface area contributed by atoms with E-state index in [1.165, 1.54) is 4.43 Å². The Balaban J connectivity index is 2.18.